The lowest BCUT2D eigenvalue weighted by Gasteiger charge is -2.26. The summed E-state index contributed by atoms with van der Waals surface area (Å²) in [5.74, 6) is 2.18. The number of benzene rings is 3. The van der Waals surface area contributed by atoms with Crippen LogP contribution in [0, 0.1) is 11.3 Å². The van der Waals surface area contributed by atoms with Gasteiger partial charge in [-0.1, -0.05) is 42.5 Å². The van der Waals surface area contributed by atoms with Crippen LogP contribution in [-0.2, 0) is 19.5 Å². The fourth-order valence-corrected chi connectivity index (χ4v) is 7.08. The van der Waals surface area contributed by atoms with E-state index in [2.05, 4.69) is 75.1 Å². The number of hydrogen-bond acceptors (Lipinski definition) is 6. The molecule has 206 valence electrons. The van der Waals surface area contributed by atoms with Gasteiger partial charge in [0.1, 0.15) is 0 Å². The summed E-state index contributed by atoms with van der Waals surface area (Å²) >= 11 is 3.51. The summed E-state index contributed by atoms with van der Waals surface area (Å²) in [7, 11) is 0. The van der Waals surface area contributed by atoms with Crippen LogP contribution in [0.3, 0.4) is 0 Å². The van der Waals surface area contributed by atoms with Crippen molar-refractivity contribution in [1.29, 1.82) is 5.26 Å². The third kappa shape index (κ3) is 6.48. The number of hydrogen-bond donors (Lipinski definition) is 0. The highest BCUT2D eigenvalue weighted by Gasteiger charge is 2.21. The number of fused-ring (bicyclic) bond motifs is 1. The fraction of sp³-hybridized carbons (Fsp3) is 0.242. The van der Waals surface area contributed by atoms with Gasteiger partial charge in [0.05, 0.1) is 35.1 Å². The second-order valence-corrected chi connectivity index (χ2v) is 12.5. The minimum atomic E-state index is 0.153. The Hall–Kier alpha value is -4.06. The van der Waals surface area contributed by atoms with Gasteiger partial charge in [0.2, 0.25) is 0 Å². The first-order valence-electron chi connectivity index (χ1n) is 13.8. The first-order chi connectivity index (χ1) is 20.2. The Kier molecular flexibility index (Phi) is 8.36. The van der Waals surface area contributed by atoms with E-state index in [9.17, 15) is 4.79 Å². The van der Waals surface area contributed by atoms with Gasteiger partial charge in [0.15, 0.2) is 0 Å². The molecule has 0 radical (unpaired) electrons. The number of nitrogens with zero attached hydrogens (tertiary/aromatic N) is 5. The maximum absolute atomic E-state index is 13.2. The van der Waals surface area contributed by atoms with Crippen LogP contribution in [0.1, 0.15) is 32.1 Å². The molecule has 0 N–H and O–H groups in total. The highest BCUT2D eigenvalue weighted by atomic mass is 32.2. The summed E-state index contributed by atoms with van der Waals surface area (Å²) < 4.78 is 3.31. The Bertz CT molecular complexity index is 1660. The predicted octanol–water partition coefficient (Wildman–Crippen LogP) is 6.46. The van der Waals surface area contributed by atoms with Gasteiger partial charge in [-0.15, -0.1) is 11.3 Å². The average molecular weight is 578 g/mol. The lowest BCUT2D eigenvalue weighted by Crippen LogP contribution is -2.37. The van der Waals surface area contributed by atoms with E-state index in [0.29, 0.717) is 18.7 Å². The van der Waals surface area contributed by atoms with E-state index in [-0.39, 0.29) is 5.91 Å². The molecule has 1 aliphatic rings. The highest BCUT2D eigenvalue weighted by molar-refractivity contribution is 7.99. The zero-order valence-corrected chi connectivity index (χ0v) is 24.4. The third-order valence-corrected chi connectivity index (χ3v) is 9.52. The zero-order chi connectivity index (χ0) is 28.0. The number of carbonyl (C=O) groups is 1. The second-order valence-electron chi connectivity index (χ2n) is 10.2. The number of amides is 1. The van der Waals surface area contributed by atoms with Gasteiger partial charge >= 0.3 is 0 Å². The molecule has 6 nitrogen and oxygen atoms in total. The van der Waals surface area contributed by atoms with E-state index in [1.165, 1.54) is 5.56 Å². The maximum Gasteiger partial charge on any atom is 0.264 e. The summed E-state index contributed by atoms with van der Waals surface area (Å²) in [6.07, 6.45) is 4.74. The van der Waals surface area contributed by atoms with Crippen molar-refractivity contribution < 1.29 is 4.79 Å². The average Bonchev–Trinajstić information content (AvgIpc) is 3.66. The Morgan fingerprint density at radius 1 is 0.976 bits per heavy atom. The van der Waals surface area contributed by atoms with Crippen molar-refractivity contribution in [2.75, 3.05) is 36.0 Å². The van der Waals surface area contributed by atoms with E-state index in [4.69, 9.17) is 5.26 Å². The molecule has 6 rings (SSSR count). The van der Waals surface area contributed by atoms with Crippen LogP contribution < -0.4 is 4.90 Å². The molecule has 1 amide bonds. The number of aromatic nitrogens is 2. The Balaban J connectivity index is 1.26. The van der Waals surface area contributed by atoms with Gasteiger partial charge < -0.3 is 14.4 Å². The first kappa shape index (κ1) is 27.1. The molecule has 0 unspecified atom stereocenters. The molecule has 0 spiro atoms. The van der Waals surface area contributed by atoms with E-state index in [0.717, 1.165) is 69.5 Å². The smallest absolute Gasteiger partial charge is 0.264 e. The summed E-state index contributed by atoms with van der Waals surface area (Å²) in [5.41, 5.74) is 5.34. The third-order valence-electron chi connectivity index (χ3n) is 7.47. The number of anilines is 1. The van der Waals surface area contributed by atoms with Crippen molar-refractivity contribution >= 4 is 44.8 Å². The first-order valence-corrected chi connectivity index (χ1v) is 15.8. The molecule has 1 fully saturated rings. The molecule has 8 heteroatoms. The minimum Gasteiger partial charge on any atom is -0.365 e. The van der Waals surface area contributed by atoms with Crippen molar-refractivity contribution in [2.24, 2.45) is 0 Å². The van der Waals surface area contributed by atoms with Gasteiger partial charge in [0, 0.05) is 54.3 Å². The normalized spacial score (nSPS) is 13.3. The van der Waals surface area contributed by atoms with Crippen molar-refractivity contribution in [2.45, 2.75) is 19.5 Å². The molecular formula is C33H31N5OS2. The quantitative estimate of drug-likeness (QED) is 0.201. The van der Waals surface area contributed by atoms with Crippen LogP contribution in [0.2, 0.25) is 0 Å². The number of nitriles is 1. The Morgan fingerprint density at radius 2 is 1.78 bits per heavy atom. The largest absolute Gasteiger partial charge is 0.365 e. The summed E-state index contributed by atoms with van der Waals surface area (Å²) in [5, 5.41) is 10.2. The summed E-state index contributed by atoms with van der Waals surface area (Å²) in [6, 6.07) is 29.1. The Labute approximate surface area is 248 Å². The molecule has 41 heavy (non-hydrogen) atoms. The molecule has 5 aromatic rings. The van der Waals surface area contributed by atoms with Crippen LogP contribution >= 0.6 is 23.1 Å². The molecule has 1 aliphatic heterocycles. The number of rotatable bonds is 9. The van der Waals surface area contributed by atoms with Gasteiger partial charge in [0.25, 0.3) is 5.91 Å². The van der Waals surface area contributed by atoms with Crippen LogP contribution in [0.5, 0.6) is 0 Å². The predicted molar refractivity (Wildman–Crippen MR) is 169 cm³/mol. The molecule has 3 aromatic carbocycles. The van der Waals surface area contributed by atoms with E-state index in [1.807, 2.05) is 53.5 Å². The molecule has 1 saturated heterocycles. The fourth-order valence-electron chi connectivity index (χ4n) is 5.16. The van der Waals surface area contributed by atoms with Crippen molar-refractivity contribution in [3.8, 4) is 6.07 Å². The monoisotopic (exact) mass is 577 g/mol. The number of carbonyl (C=O) groups excluding carboxylic acids is 1. The molecule has 0 bridgehead atoms. The van der Waals surface area contributed by atoms with Crippen molar-refractivity contribution in [3.05, 3.63) is 119 Å². The molecule has 0 aliphatic carbocycles. The zero-order valence-electron chi connectivity index (χ0n) is 22.8. The maximum atomic E-state index is 13.2. The Morgan fingerprint density at radius 3 is 2.56 bits per heavy atom. The standard InChI is InChI=1S/C33H31N5OS2/c34-20-26-6-8-27(9-7-26)22-38-24-35-21-30(38)23-37(13-12-25-4-2-1-3-5-25)29-10-11-31-28(18-29)19-32(41-31)33(39)36-14-16-40-17-15-36/h1-11,18-19,21,24H,12-17,22-23H2. The topological polar surface area (TPSA) is 65.2 Å². The van der Waals surface area contributed by atoms with Crippen LogP contribution in [0.25, 0.3) is 10.1 Å². The van der Waals surface area contributed by atoms with Crippen LogP contribution in [-0.4, -0.2) is 51.5 Å². The minimum absolute atomic E-state index is 0.153. The summed E-state index contributed by atoms with van der Waals surface area (Å²) in [6.45, 7) is 3.89. The van der Waals surface area contributed by atoms with E-state index >= 15 is 0 Å². The van der Waals surface area contributed by atoms with Gasteiger partial charge in [-0.2, -0.15) is 17.0 Å². The number of thiophene rings is 1. The molecule has 0 atom stereocenters. The molecule has 0 saturated carbocycles. The number of thioether (sulfide) groups is 1. The van der Waals surface area contributed by atoms with Gasteiger partial charge in [-0.3, -0.25) is 4.79 Å². The van der Waals surface area contributed by atoms with Crippen molar-refractivity contribution in [1.82, 2.24) is 14.5 Å². The molecule has 3 heterocycles. The molecular weight excluding hydrogens is 547 g/mol. The lowest BCUT2D eigenvalue weighted by atomic mass is 10.1. The lowest BCUT2D eigenvalue weighted by molar-refractivity contribution is 0.0777. The summed E-state index contributed by atoms with van der Waals surface area (Å²) in [4.78, 5) is 22.9. The van der Waals surface area contributed by atoms with E-state index < -0.39 is 0 Å². The van der Waals surface area contributed by atoms with Crippen LogP contribution in [0.15, 0.2) is 91.4 Å². The second kappa shape index (κ2) is 12.6. The van der Waals surface area contributed by atoms with Crippen LogP contribution in [0.4, 0.5) is 5.69 Å². The van der Waals surface area contributed by atoms with Gasteiger partial charge in [-0.05, 0) is 59.3 Å². The van der Waals surface area contributed by atoms with E-state index in [1.54, 1.807) is 11.3 Å². The van der Waals surface area contributed by atoms with Crippen molar-refractivity contribution in [3.63, 3.8) is 0 Å². The van der Waals surface area contributed by atoms with Gasteiger partial charge in [-0.25, -0.2) is 4.98 Å². The highest BCUT2D eigenvalue weighted by Crippen LogP contribution is 2.31. The number of imidazole rings is 1. The SMILES string of the molecule is N#Cc1ccc(Cn2cncc2CN(CCc2ccccc2)c2ccc3sc(C(=O)N4CCSCC4)cc3c2)cc1. The molecule has 2 aromatic heterocycles.